The van der Waals surface area contributed by atoms with Gasteiger partial charge < -0.3 is 4.74 Å². The van der Waals surface area contributed by atoms with Crippen LogP contribution in [0.4, 0.5) is 0 Å². The van der Waals surface area contributed by atoms with Gasteiger partial charge in [-0.15, -0.1) is 0 Å². The minimum Gasteiger partial charge on any atom is -0.375 e. The molecular formula is C10H18N2O. The van der Waals surface area contributed by atoms with Crippen LogP contribution in [0.5, 0.6) is 0 Å². The van der Waals surface area contributed by atoms with Gasteiger partial charge in [-0.2, -0.15) is 5.10 Å². The highest BCUT2D eigenvalue weighted by Crippen LogP contribution is 2.18. The average molecular weight is 182 g/mol. The SMILES string of the molecule is CC.Cc1nn(C)c2c1CCOC2. The Bertz CT molecular complexity index is 252. The minimum atomic E-state index is 0.729. The minimum absolute atomic E-state index is 0.729. The van der Waals surface area contributed by atoms with Gasteiger partial charge in [0.2, 0.25) is 0 Å². The van der Waals surface area contributed by atoms with E-state index in [1.54, 1.807) is 0 Å². The van der Waals surface area contributed by atoms with E-state index < -0.39 is 0 Å². The monoisotopic (exact) mass is 182 g/mol. The van der Waals surface area contributed by atoms with E-state index in [1.165, 1.54) is 11.3 Å². The number of hydrogen-bond acceptors (Lipinski definition) is 2. The van der Waals surface area contributed by atoms with Crippen molar-refractivity contribution in [1.29, 1.82) is 0 Å². The first-order valence-corrected chi connectivity index (χ1v) is 4.88. The van der Waals surface area contributed by atoms with Crippen LogP contribution in [0.15, 0.2) is 0 Å². The zero-order valence-electron chi connectivity index (χ0n) is 8.92. The van der Waals surface area contributed by atoms with Crippen molar-refractivity contribution in [1.82, 2.24) is 9.78 Å². The summed E-state index contributed by atoms with van der Waals surface area (Å²) in [5.41, 5.74) is 3.79. The number of ether oxygens (including phenoxy) is 1. The molecule has 1 aromatic heterocycles. The lowest BCUT2D eigenvalue weighted by molar-refractivity contribution is 0.105. The fraction of sp³-hybridized carbons (Fsp3) is 0.700. The second kappa shape index (κ2) is 4.42. The molecule has 0 radical (unpaired) electrons. The molecule has 0 amide bonds. The third-order valence-electron chi connectivity index (χ3n) is 2.21. The summed E-state index contributed by atoms with van der Waals surface area (Å²) in [5, 5.41) is 4.33. The zero-order valence-corrected chi connectivity index (χ0v) is 8.92. The van der Waals surface area contributed by atoms with Crippen molar-refractivity contribution in [3.8, 4) is 0 Å². The van der Waals surface area contributed by atoms with Crippen molar-refractivity contribution in [3.63, 3.8) is 0 Å². The Hall–Kier alpha value is -0.830. The number of rotatable bonds is 0. The van der Waals surface area contributed by atoms with Crippen LogP contribution in [-0.4, -0.2) is 16.4 Å². The number of nitrogens with zero attached hydrogens (tertiary/aromatic N) is 2. The lowest BCUT2D eigenvalue weighted by Gasteiger charge is -2.12. The first-order chi connectivity index (χ1) is 6.29. The standard InChI is InChI=1S/C8H12N2O.C2H6/c1-6-7-3-4-11-5-8(7)10(2)9-6;1-2/h3-5H2,1-2H3;1-2H3. The third kappa shape index (κ3) is 1.91. The average Bonchev–Trinajstić information content (AvgIpc) is 2.47. The molecule has 1 aromatic rings. The molecule has 13 heavy (non-hydrogen) atoms. The van der Waals surface area contributed by atoms with Crippen LogP contribution in [0.1, 0.15) is 30.8 Å². The summed E-state index contributed by atoms with van der Waals surface area (Å²) >= 11 is 0. The summed E-state index contributed by atoms with van der Waals surface area (Å²) in [6, 6.07) is 0. The molecule has 0 N–H and O–H groups in total. The molecular weight excluding hydrogens is 164 g/mol. The predicted molar refractivity (Wildman–Crippen MR) is 52.7 cm³/mol. The number of aromatic nitrogens is 2. The quantitative estimate of drug-likeness (QED) is 0.612. The number of aryl methyl sites for hydroxylation is 2. The van der Waals surface area contributed by atoms with Crippen LogP contribution in [0.3, 0.4) is 0 Å². The van der Waals surface area contributed by atoms with Gasteiger partial charge in [-0.25, -0.2) is 0 Å². The second-order valence-electron chi connectivity index (χ2n) is 2.94. The lowest BCUT2D eigenvalue weighted by Crippen LogP contribution is -2.11. The first-order valence-electron chi connectivity index (χ1n) is 4.88. The number of fused-ring (bicyclic) bond motifs is 1. The van der Waals surface area contributed by atoms with Crippen LogP contribution in [-0.2, 0) is 24.8 Å². The maximum absolute atomic E-state index is 5.33. The van der Waals surface area contributed by atoms with E-state index in [2.05, 4.69) is 12.0 Å². The van der Waals surface area contributed by atoms with Crippen molar-refractivity contribution in [2.75, 3.05) is 6.61 Å². The van der Waals surface area contributed by atoms with Crippen molar-refractivity contribution >= 4 is 0 Å². The van der Waals surface area contributed by atoms with Crippen LogP contribution < -0.4 is 0 Å². The normalized spacial score (nSPS) is 14.5. The molecule has 0 spiro atoms. The molecule has 1 aliphatic heterocycles. The van der Waals surface area contributed by atoms with Gasteiger partial charge in [0.25, 0.3) is 0 Å². The second-order valence-corrected chi connectivity index (χ2v) is 2.94. The van der Waals surface area contributed by atoms with Gasteiger partial charge in [0.05, 0.1) is 24.6 Å². The van der Waals surface area contributed by atoms with Gasteiger partial charge >= 0.3 is 0 Å². The van der Waals surface area contributed by atoms with Crippen LogP contribution in [0, 0.1) is 6.92 Å². The highest BCUT2D eigenvalue weighted by molar-refractivity contribution is 5.26. The molecule has 3 nitrogen and oxygen atoms in total. The Labute approximate surface area is 79.7 Å². The molecule has 1 aliphatic rings. The van der Waals surface area contributed by atoms with E-state index in [0.717, 1.165) is 25.3 Å². The maximum Gasteiger partial charge on any atom is 0.0887 e. The highest BCUT2D eigenvalue weighted by atomic mass is 16.5. The molecule has 0 bridgehead atoms. The smallest absolute Gasteiger partial charge is 0.0887 e. The fourth-order valence-electron chi connectivity index (χ4n) is 1.60. The summed E-state index contributed by atoms with van der Waals surface area (Å²) in [6.45, 7) is 7.64. The highest BCUT2D eigenvalue weighted by Gasteiger charge is 2.16. The molecule has 0 aromatic carbocycles. The Kier molecular flexibility index (Phi) is 3.48. The van der Waals surface area contributed by atoms with E-state index in [-0.39, 0.29) is 0 Å². The van der Waals surface area contributed by atoms with Gasteiger partial charge in [0, 0.05) is 12.6 Å². The summed E-state index contributed by atoms with van der Waals surface area (Å²) < 4.78 is 7.25. The number of hydrogen-bond donors (Lipinski definition) is 0. The molecule has 2 heterocycles. The van der Waals surface area contributed by atoms with E-state index in [9.17, 15) is 0 Å². The summed E-state index contributed by atoms with van der Waals surface area (Å²) in [7, 11) is 1.97. The van der Waals surface area contributed by atoms with E-state index in [4.69, 9.17) is 4.74 Å². The van der Waals surface area contributed by atoms with E-state index in [1.807, 2.05) is 25.6 Å². The lowest BCUT2D eigenvalue weighted by atomic mass is 10.1. The molecule has 3 heteroatoms. The van der Waals surface area contributed by atoms with Gasteiger partial charge in [0.1, 0.15) is 0 Å². The van der Waals surface area contributed by atoms with Crippen molar-refractivity contribution < 1.29 is 4.74 Å². The van der Waals surface area contributed by atoms with Crippen molar-refractivity contribution in [2.45, 2.75) is 33.8 Å². The van der Waals surface area contributed by atoms with Gasteiger partial charge in [-0.3, -0.25) is 4.68 Å². The maximum atomic E-state index is 5.33. The van der Waals surface area contributed by atoms with Gasteiger partial charge in [-0.1, -0.05) is 13.8 Å². The van der Waals surface area contributed by atoms with Crippen molar-refractivity contribution in [3.05, 3.63) is 17.0 Å². The van der Waals surface area contributed by atoms with Crippen LogP contribution >= 0.6 is 0 Å². The fourth-order valence-corrected chi connectivity index (χ4v) is 1.60. The first kappa shape index (κ1) is 10.3. The molecule has 2 rings (SSSR count). The third-order valence-corrected chi connectivity index (χ3v) is 2.21. The molecule has 74 valence electrons. The van der Waals surface area contributed by atoms with Crippen LogP contribution in [0.25, 0.3) is 0 Å². The molecule has 0 saturated carbocycles. The Morgan fingerprint density at radius 1 is 1.38 bits per heavy atom. The summed E-state index contributed by atoms with van der Waals surface area (Å²) in [6.07, 6.45) is 1.02. The summed E-state index contributed by atoms with van der Waals surface area (Å²) in [4.78, 5) is 0. The summed E-state index contributed by atoms with van der Waals surface area (Å²) in [5.74, 6) is 0. The van der Waals surface area contributed by atoms with E-state index >= 15 is 0 Å². The zero-order chi connectivity index (χ0) is 9.84. The Morgan fingerprint density at radius 3 is 2.69 bits per heavy atom. The van der Waals surface area contributed by atoms with Gasteiger partial charge in [0.15, 0.2) is 0 Å². The molecule has 0 aliphatic carbocycles. The molecule has 0 unspecified atom stereocenters. The molecule has 0 saturated heterocycles. The van der Waals surface area contributed by atoms with Crippen LogP contribution in [0.2, 0.25) is 0 Å². The topological polar surface area (TPSA) is 27.1 Å². The van der Waals surface area contributed by atoms with Crippen molar-refractivity contribution in [2.24, 2.45) is 7.05 Å². The van der Waals surface area contributed by atoms with E-state index in [0.29, 0.717) is 0 Å². The Morgan fingerprint density at radius 2 is 2.08 bits per heavy atom. The largest absolute Gasteiger partial charge is 0.375 e. The Balaban J connectivity index is 0.000000396. The molecule has 0 fully saturated rings. The predicted octanol–water partition coefficient (Wildman–Crippen LogP) is 1.83. The molecule has 0 atom stereocenters. The van der Waals surface area contributed by atoms with Gasteiger partial charge in [-0.05, 0) is 13.3 Å².